The number of amides is 1. The van der Waals surface area contributed by atoms with Crippen LogP contribution in [-0.4, -0.2) is 75.2 Å². The highest BCUT2D eigenvalue weighted by atomic mass is 32.2. The molecule has 3 atom stereocenters. The third kappa shape index (κ3) is 7.78. The molecule has 0 aliphatic carbocycles. The average molecular weight is 582 g/mol. The molecule has 1 amide bonds. The van der Waals surface area contributed by atoms with Gasteiger partial charge >= 0.3 is 0 Å². The second kappa shape index (κ2) is 13.4. The molecule has 220 valence electrons. The number of hydrogen-bond donors (Lipinski definition) is 2. The van der Waals surface area contributed by atoms with Gasteiger partial charge < -0.3 is 19.5 Å². The highest BCUT2D eigenvalue weighted by Gasteiger charge is 2.31. The topological polar surface area (TPSA) is 108 Å². The van der Waals surface area contributed by atoms with E-state index in [1.54, 1.807) is 35.2 Å². The van der Waals surface area contributed by atoms with Gasteiger partial charge in [-0.3, -0.25) is 14.4 Å². The number of anilines is 1. The average Bonchev–Trinajstić information content (AvgIpc) is 3.00. The molecule has 3 aromatic carbocycles. The Balaban J connectivity index is 1.62. The van der Waals surface area contributed by atoms with Crippen LogP contribution in [0.3, 0.4) is 0 Å². The fourth-order valence-corrected chi connectivity index (χ4v) is 6.00. The summed E-state index contributed by atoms with van der Waals surface area (Å²) in [6, 6.07) is 20.9. The summed E-state index contributed by atoms with van der Waals surface area (Å²) in [4.78, 5) is 17.4. The van der Waals surface area contributed by atoms with E-state index in [0.29, 0.717) is 35.8 Å². The summed E-state index contributed by atoms with van der Waals surface area (Å²) in [6.07, 6.45) is -0.250. The molecule has 1 aliphatic rings. The van der Waals surface area contributed by atoms with Gasteiger partial charge in [-0.15, -0.1) is 0 Å². The predicted octanol–water partition coefficient (Wildman–Crippen LogP) is 3.78. The number of aliphatic hydroxyl groups is 1. The molecule has 0 bridgehead atoms. The first-order chi connectivity index (χ1) is 19.6. The van der Waals surface area contributed by atoms with Crippen LogP contribution >= 0.6 is 0 Å². The fraction of sp³-hybridized carbons (Fsp3) is 0.387. The smallest absolute Gasteiger partial charge is 0.261 e. The first kappa shape index (κ1) is 30.4. The summed E-state index contributed by atoms with van der Waals surface area (Å²) in [7, 11) is -0.328. The molecule has 1 aliphatic heterocycles. The van der Waals surface area contributed by atoms with Gasteiger partial charge in [-0.1, -0.05) is 37.3 Å². The van der Waals surface area contributed by atoms with E-state index in [1.165, 1.54) is 24.8 Å². The number of hydrogen-bond acceptors (Lipinski definition) is 7. The second-order valence-corrected chi connectivity index (χ2v) is 12.4. The molecule has 41 heavy (non-hydrogen) atoms. The van der Waals surface area contributed by atoms with Crippen molar-refractivity contribution in [3.05, 3.63) is 83.9 Å². The van der Waals surface area contributed by atoms with Crippen molar-refractivity contribution in [1.29, 1.82) is 0 Å². The zero-order valence-corrected chi connectivity index (χ0v) is 24.8. The molecule has 9 nitrogen and oxygen atoms in total. The van der Waals surface area contributed by atoms with E-state index in [4.69, 9.17) is 9.47 Å². The summed E-state index contributed by atoms with van der Waals surface area (Å²) in [5.74, 6) is 0.896. The van der Waals surface area contributed by atoms with Crippen LogP contribution in [0.2, 0.25) is 0 Å². The standard InChI is InChI=1S/C31H39N3O6S/c1-22-18-34(23(2)21-35)31(36)17-25-16-26(32-41(37,38)28-13-11-27(39-4)12-14-28)10-15-29(25)40-30(22)20-33(3)19-24-8-6-5-7-9-24/h5-16,22-23,30,32,35H,17-21H2,1-4H3/t22-,23-,30-/m0/s1. The summed E-state index contributed by atoms with van der Waals surface area (Å²) < 4.78 is 40.4. The number of ether oxygens (including phenoxy) is 2. The van der Waals surface area contributed by atoms with E-state index >= 15 is 0 Å². The van der Waals surface area contributed by atoms with E-state index in [9.17, 15) is 18.3 Å². The third-order valence-corrected chi connectivity index (χ3v) is 8.72. The highest BCUT2D eigenvalue weighted by Crippen LogP contribution is 2.30. The van der Waals surface area contributed by atoms with Crippen molar-refractivity contribution in [3.8, 4) is 11.5 Å². The molecule has 2 N–H and O–H groups in total. The van der Waals surface area contributed by atoms with Crippen molar-refractivity contribution >= 4 is 21.6 Å². The van der Waals surface area contributed by atoms with Gasteiger partial charge in [0.1, 0.15) is 17.6 Å². The Kier molecular flexibility index (Phi) is 9.90. The SMILES string of the molecule is COc1ccc(S(=O)(=O)Nc2ccc3c(c2)CC(=O)N([C@@H](C)CO)C[C@H](C)[C@H](CN(C)Cc2ccccc2)O3)cc1. The molecule has 0 saturated heterocycles. The van der Waals surface area contributed by atoms with Crippen LogP contribution in [0.1, 0.15) is 25.0 Å². The monoisotopic (exact) mass is 581 g/mol. The van der Waals surface area contributed by atoms with Gasteiger partial charge in [0.05, 0.1) is 31.1 Å². The molecule has 0 aromatic heterocycles. The van der Waals surface area contributed by atoms with Gasteiger partial charge in [-0.05, 0) is 62.0 Å². The first-order valence-corrected chi connectivity index (χ1v) is 15.2. The molecule has 0 radical (unpaired) electrons. The van der Waals surface area contributed by atoms with Crippen LogP contribution in [0.5, 0.6) is 11.5 Å². The van der Waals surface area contributed by atoms with E-state index < -0.39 is 10.0 Å². The number of carbonyl (C=O) groups is 1. The number of nitrogens with zero attached hydrogens (tertiary/aromatic N) is 2. The third-order valence-electron chi connectivity index (χ3n) is 7.33. The van der Waals surface area contributed by atoms with Crippen molar-refractivity contribution in [2.24, 2.45) is 5.92 Å². The second-order valence-electron chi connectivity index (χ2n) is 10.7. The summed E-state index contributed by atoms with van der Waals surface area (Å²) in [5, 5.41) is 9.89. The number of aliphatic hydroxyl groups excluding tert-OH is 1. The van der Waals surface area contributed by atoms with E-state index in [0.717, 1.165) is 6.54 Å². The summed E-state index contributed by atoms with van der Waals surface area (Å²) >= 11 is 0. The number of rotatable bonds is 10. The van der Waals surface area contributed by atoms with Gasteiger partial charge in [0, 0.05) is 36.8 Å². The lowest BCUT2D eigenvalue weighted by molar-refractivity contribution is -0.134. The Morgan fingerprint density at radius 1 is 1.12 bits per heavy atom. The minimum Gasteiger partial charge on any atom is -0.497 e. The number of fused-ring (bicyclic) bond motifs is 1. The Bertz CT molecular complexity index is 1420. The zero-order chi connectivity index (χ0) is 29.6. The van der Waals surface area contributed by atoms with Crippen molar-refractivity contribution in [1.82, 2.24) is 9.80 Å². The van der Waals surface area contributed by atoms with Gasteiger partial charge in [-0.25, -0.2) is 8.42 Å². The lowest BCUT2D eigenvalue weighted by Gasteiger charge is -2.34. The van der Waals surface area contributed by atoms with Crippen molar-refractivity contribution in [3.63, 3.8) is 0 Å². The van der Waals surface area contributed by atoms with E-state index in [-0.39, 0.29) is 41.9 Å². The minimum atomic E-state index is -3.88. The van der Waals surface area contributed by atoms with Gasteiger partial charge in [0.25, 0.3) is 10.0 Å². The van der Waals surface area contributed by atoms with Crippen LogP contribution in [0.15, 0.2) is 77.7 Å². The molecular formula is C31H39N3O6S. The minimum absolute atomic E-state index is 0.0110. The normalized spacial score (nSPS) is 18.5. The fourth-order valence-electron chi connectivity index (χ4n) is 4.95. The Labute approximate surface area is 242 Å². The number of benzene rings is 3. The lowest BCUT2D eigenvalue weighted by atomic mass is 10.0. The maximum atomic E-state index is 13.5. The van der Waals surface area contributed by atoms with Crippen LogP contribution in [-0.2, 0) is 27.8 Å². The van der Waals surface area contributed by atoms with Crippen LogP contribution in [0.4, 0.5) is 5.69 Å². The van der Waals surface area contributed by atoms with Gasteiger partial charge in [0.2, 0.25) is 5.91 Å². The lowest BCUT2D eigenvalue weighted by Crippen LogP contribution is -2.47. The van der Waals surface area contributed by atoms with Gasteiger partial charge in [-0.2, -0.15) is 0 Å². The van der Waals surface area contributed by atoms with Crippen molar-refractivity contribution in [2.45, 2.75) is 43.9 Å². The number of sulfonamides is 1. The number of methoxy groups -OCH3 is 1. The number of nitrogens with one attached hydrogen (secondary N) is 1. The maximum Gasteiger partial charge on any atom is 0.261 e. The van der Waals surface area contributed by atoms with Crippen LogP contribution in [0, 0.1) is 5.92 Å². The molecule has 1 heterocycles. The van der Waals surface area contributed by atoms with Crippen molar-refractivity contribution in [2.75, 3.05) is 38.6 Å². The largest absolute Gasteiger partial charge is 0.497 e. The van der Waals surface area contributed by atoms with Crippen LogP contribution < -0.4 is 14.2 Å². The summed E-state index contributed by atoms with van der Waals surface area (Å²) in [5.41, 5.74) is 2.08. The quantitative estimate of drug-likeness (QED) is 0.375. The Morgan fingerprint density at radius 3 is 2.49 bits per heavy atom. The number of carbonyl (C=O) groups excluding carboxylic acids is 1. The van der Waals surface area contributed by atoms with E-state index in [2.05, 4.69) is 21.8 Å². The highest BCUT2D eigenvalue weighted by molar-refractivity contribution is 7.92. The molecule has 10 heteroatoms. The van der Waals surface area contributed by atoms with Crippen LogP contribution in [0.25, 0.3) is 0 Å². The van der Waals surface area contributed by atoms with Crippen molar-refractivity contribution < 1.29 is 27.8 Å². The Hall–Kier alpha value is -3.60. The van der Waals surface area contributed by atoms with Gasteiger partial charge in [0.15, 0.2) is 0 Å². The Morgan fingerprint density at radius 2 is 1.83 bits per heavy atom. The molecule has 0 fully saturated rings. The zero-order valence-electron chi connectivity index (χ0n) is 24.0. The molecule has 0 spiro atoms. The summed E-state index contributed by atoms with van der Waals surface area (Å²) in [6.45, 7) is 5.48. The number of likely N-dealkylation sites (N-methyl/N-ethyl adjacent to an activating group) is 1. The molecule has 0 saturated carbocycles. The predicted molar refractivity (Wildman–Crippen MR) is 159 cm³/mol. The molecule has 4 rings (SSSR count). The first-order valence-electron chi connectivity index (χ1n) is 13.7. The van der Waals surface area contributed by atoms with E-state index in [1.807, 2.05) is 39.1 Å². The molecule has 3 aromatic rings. The molecular weight excluding hydrogens is 542 g/mol. The molecule has 0 unspecified atom stereocenters. The maximum absolute atomic E-state index is 13.5.